The number of halogens is 1. The standard InChI is InChI=1S/C6H11FO2.K/c7-5-3-1-2-4-6(8)9;/h1-5H2,(H,8,9);/q;+1/p-1. The molecule has 4 heteroatoms. The molecule has 0 heterocycles. The van der Waals surface area contributed by atoms with Crippen LogP contribution in [0.25, 0.3) is 0 Å². The van der Waals surface area contributed by atoms with E-state index in [9.17, 15) is 14.3 Å². The van der Waals surface area contributed by atoms with E-state index in [0.29, 0.717) is 19.3 Å². The third kappa shape index (κ3) is 11.8. The van der Waals surface area contributed by atoms with Crippen molar-refractivity contribution in [3.05, 3.63) is 0 Å². The molecule has 0 radical (unpaired) electrons. The molecule has 0 aromatic rings. The van der Waals surface area contributed by atoms with Crippen molar-refractivity contribution in [2.24, 2.45) is 0 Å². The molecule has 0 saturated carbocycles. The second-order valence-corrected chi connectivity index (χ2v) is 1.87. The van der Waals surface area contributed by atoms with Gasteiger partial charge in [0.05, 0.1) is 6.67 Å². The van der Waals surface area contributed by atoms with Crippen LogP contribution in [0.5, 0.6) is 0 Å². The summed E-state index contributed by atoms with van der Waals surface area (Å²) in [6.45, 7) is -0.354. The minimum absolute atomic E-state index is 0. The van der Waals surface area contributed by atoms with Crippen LogP contribution in [-0.2, 0) is 4.79 Å². The van der Waals surface area contributed by atoms with Crippen LogP contribution >= 0.6 is 0 Å². The van der Waals surface area contributed by atoms with Crippen LogP contribution in [0.1, 0.15) is 25.7 Å². The maximum absolute atomic E-state index is 11.4. The Labute approximate surface area is 103 Å². The Morgan fingerprint density at radius 1 is 1.30 bits per heavy atom. The van der Waals surface area contributed by atoms with E-state index in [-0.39, 0.29) is 64.5 Å². The van der Waals surface area contributed by atoms with Gasteiger partial charge in [-0.1, -0.05) is 6.42 Å². The Kier molecular flexibility index (Phi) is 13.7. The second kappa shape index (κ2) is 10.0. The zero-order valence-corrected chi connectivity index (χ0v) is 9.35. The van der Waals surface area contributed by atoms with Crippen LogP contribution in [0.4, 0.5) is 4.39 Å². The summed E-state index contributed by atoms with van der Waals surface area (Å²) in [5.74, 6) is -1.05. The van der Waals surface area contributed by atoms with Crippen molar-refractivity contribution in [3.63, 3.8) is 0 Å². The van der Waals surface area contributed by atoms with Crippen LogP contribution in [0.3, 0.4) is 0 Å². The van der Waals surface area contributed by atoms with Crippen molar-refractivity contribution in [3.8, 4) is 0 Å². The Bertz CT molecular complexity index is 87.8. The molecule has 0 spiro atoms. The van der Waals surface area contributed by atoms with Gasteiger partial charge in [0.2, 0.25) is 0 Å². The van der Waals surface area contributed by atoms with Crippen LogP contribution < -0.4 is 56.5 Å². The van der Waals surface area contributed by atoms with Crippen molar-refractivity contribution < 1.29 is 65.7 Å². The fourth-order valence-corrected chi connectivity index (χ4v) is 0.541. The Balaban J connectivity index is 0. The first-order valence-corrected chi connectivity index (χ1v) is 3.03. The summed E-state index contributed by atoms with van der Waals surface area (Å²) in [4.78, 5) is 9.76. The number of hydrogen-bond acceptors (Lipinski definition) is 2. The smallest absolute Gasteiger partial charge is 0.550 e. The number of hydrogen-bond donors (Lipinski definition) is 0. The molecule has 2 nitrogen and oxygen atoms in total. The molecular weight excluding hydrogens is 162 g/mol. The number of aliphatic carboxylic acids is 1. The van der Waals surface area contributed by atoms with Crippen molar-refractivity contribution >= 4 is 5.97 Å². The average Bonchev–Trinajstić information content (AvgIpc) is 1.80. The Hall–Kier alpha value is 1.04. The first-order chi connectivity index (χ1) is 4.27. The zero-order valence-electron chi connectivity index (χ0n) is 6.23. The van der Waals surface area contributed by atoms with Gasteiger partial charge in [-0.3, -0.25) is 4.39 Å². The fourth-order valence-electron chi connectivity index (χ4n) is 0.541. The molecule has 0 N–H and O–H groups in total. The van der Waals surface area contributed by atoms with Gasteiger partial charge < -0.3 is 9.90 Å². The van der Waals surface area contributed by atoms with Gasteiger partial charge in [-0.2, -0.15) is 0 Å². The first kappa shape index (κ1) is 13.6. The summed E-state index contributed by atoms with van der Waals surface area (Å²) in [6.07, 6.45) is 1.70. The number of alkyl halides is 1. The summed E-state index contributed by atoms with van der Waals surface area (Å²) in [5.41, 5.74) is 0. The average molecular weight is 172 g/mol. The van der Waals surface area contributed by atoms with Gasteiger partial charge in [0.1, 0.15) is 0 Å². The number of carboxylic acids is 1. The zero-order chi connectivity index (χ0) is 7.11. The van der Waals surface area contributed by atoms with E-state index < -0.39 is 5.97 Å². The monoisotopic (exact) mass is 172 g/mol. The van der Waals surface area contributed by atoms with E-state index in [4.69, 9.17) is 0 Å². The quantitative estimate of drug-likeness (QED) is 0.334. The Morgan fingerprint density at radius 3 is 2.30 bits per heavy atom. The minimum atomic E-state index is -1.05. The molecule has 0 aromatic heterocycles. The molecule has 0 aliphatic rings. The van der Waals surface area contributed by atoms with E-state index >= 15 is 0 Å². The number of carbonyl (C=O) groups is 1. The fraction of sp³-hybridized carbons (Fsp3) is 0.833. The van der Waals surface area contributed by atoms with Gasteiger partial charge in [0.25, 0.3) is 0 Å². The molecule has 0 aromatic carbocycles. The van der Waals surface area contributed by atoms with Crippen molar-refractivity contribution in [1.29, 1.82) is 0 Å². The molecule has 0 rings (SSSR count). The second-order valence-electron chi connectivity index (χ2n) is 1.87. The molecule has 0 aliphatic carbocycles. The van der Waals surface area contributed by atoms with E-state index in [1.54, 1.807) is 0 Å². The molecule has 0 aliphatic heterocycles. The van der Waals surface area contributed by atoms with Gasteiger partial charge >= 0.3 is 51.4 Å². The third-order valence-electron chi connectivity index (χ3n) is 1.01. The van der Waals surface area contributed by atoms with Crippen LogP contribution in [0.2, 0.25) is 0 Å². The molecule has 54 valence electrons. The normalized spacial score (nSPS) is 8.50. The van der Waals surface area contributed by atoms with Gasteiger partial charge in [-0.15, -0.1) is 0 Å². The SMILES string of the molecule is O=C([O-])CCCCCF.[K+]. The van der Waals surface area contributed by atoms with E-state index in [1.165, 1.54) is 0 Å². The molecule has 0 bridgehead atoms. The summed E-state index contributed by atoms with van der Waals surface area (Å²) < 4.78 is 11.4. The molecule has 10 heavy (non-hydrogen) atoms. The van der Waals surface area contributed by atoms with Crippen molar-refractivity contribution in [1.82, 2.24) is 0 Å². The van der Waals surface area contributed by atoms with Gasteiger partial charge in [-0.05, 0) is 19.3 Å². The Morgan fingerprint density at radius 2 is 1.90 bits per heavy atom. The predicted octanol–water partition coefficient (Wildman–Crippen LogP) is -2.73. The van der Waals surface area contributed by atoms with Crippen LogP contribution in [-0.4, -0.2) is 12.6 Å². The maximum Gasteiger partial charge on any atom is 1.00 e. The number of rotatable bonds is 5. The first-order valence-electron chi connectivity index (χ1n) is 3.03. The number of unbranched alkanes of at least 4 members (excludes halogenated alkanes) is 2. The van der Waals surface area contributed by atoms with Gasteiger partial charge in [-0.25, -0.2) is 0 Å². The predicted molar refractivity (Wildman–Crippen MR) is 29.4 cm³/mol. The molecule has 0 amide bonds. The largest absolute Gasteiger partial charge is 1.00 e. The molecule has 0 unspecified atom stereocenters. The summed E-state index contributed by atoms with van der Waals surface area (Å²) in [5, 5.41) is 9.76. The van der Waals surface area contributed by atoms with E-state index in [0.717, 1.165) is 0 Å². The summed E-state index contributed by atoms with van der Waals surface area (Å²) in [7, 11) is 0. The van der Waals surface area contributed by atoms with Gasteiger partial charge in [0.15, 0.2) is 0 Å². The number of carboxylic acid groups (broad SMARTS) is 1. The maximum atomic E-state index is 11.4. The third-order valence-corrected chi connectivity index (χ3v) is 1.01. The molecule has 0 atom stereocenters. The molecular formula is C6H10FKO2. The van der Waals surface area contributed by atoms with Crippen molar-refractivity contribution in [2.75, 3.05) is 6.67 Å². The summed E-state index contributed by atoms with van der Waals surface area (Å²) in [6, 6.07) is 0. The van der Waals surface area contributed by atoms with Gasteiger partial charge in [0, 0.05) is 5.97 Å². The topological polar surface area (TPSA) is 40.1 Å². The summed E-state index contributed by atoms with van der Waals surface area (Å²) >= 11 is 0. The van der Waals surface area contributed by atoms with Crippen molar-refractivity contribution in [2.45, 2.75) is 25.7 Å². The van der Waals surface area contributed by atoms with Crippen LogP contribution in [0.15, 0.2) is 0 Å². The van der Waals surface area contributed by atoms with E-state index in [2.05, 4.69) is 0 Å². The van der Waals surface area contributed by atoms with E-state index in [1.807, 2.05) is 0 Å². The van der Waals surface area contributed by atoms with Crippen LogP contribution in [0, 0.1) is 0 Å². The number of carbonyl (C=O) groups excluding carboxylic acids is 1. The molecule has 0 fully saturated rings. The molecule has 0 saturated heterocycles. The minimum Gasteiger partial charge on any atom is -0.550 e.